The maximum Gasteiger partial charge on any atom is 0.161 e. The first-order valence-electron chi connectivity index (χ1n) is 10.2. The van der Waals surface area contributed by atoms with E-state index in [0.29, 0.717) is 0 Å². The van der Waals surface area contributed by atoms with Crippen LogP contribution in [0.25, 0.3) is 0 Å². The molecule has 2 aromatic carbocycles. The summed E-state index contributed by atoms with van der Waals surface area (Å²) in [4.78, 5) is 2.38. The minimum absolute atomic E-state index is 0.0619. The molecule has 2 heterocycles. The molecule has 2 saturated heterocycles. The summed E-state index contributed by atoms with van der Waals surface area (Å²) in [6.45, 7) is 3.58. The first-order chi connectivity index (χ1) is 13.7. The van der Waals surface area contributed by atoms with Crippen LogP contribution in [0.5, 0.6) is 11.5 Å². The second kappa shape index (κ2) is 7.07. The Morgan fingerprint density at radius 1 is 1.00 bits per heavy atom. The molecule has 0 unspecified atom stereocenters. The zero-order valence-corrected chi connectivity index (χ0v) is 16.3. The molecule has 28 heavy (non-hydrogen) atoms. The van der Waals surface area contributed by atoms with Crippen molar-refractivity contribution < 1.29 is 14.6 Å². The number of rotatable bonds is 4. The van der Waals surface area contributed by atoms with Crippen LogP contribution in [-0.4, -0.2) is 55.5 Å². The number of hydrogen-bond acceptors (Lipinski definition) is 5. The summed E-state index contributed by atoms with van der Waals surface area (Å²) in [6, 6.07) is 16.5. The lowest BCUT2D eigenvalue weighted by molar-refractivity contribution is -0.0676. The van der Waals surface area contributed by atoms with Gasteiger partial charge in [0, 0.05) is 18.5 Å². The van der Waals surface area contributed by atoms with Gasteiger partial charge >= 0.3 is 0 Å². The number of hydrogen-bond donors (Lipinski definition) is 2. The van der Waals surface area contributed by atoms with E-state index < -0.39 is 0 Å². The molecule has 5 heteroatoms. The third-order valence-electron chi connectivity index (χ3n) is 6.81. The van der Waals surface area contributed by atoms with Crippen molar-refractivity contribution in [2.75, 3.05) is 33.3 Å². The predicted molar refractivity (Wildman–Crippen MR) is 108 cm³/mol. The van der Waals surface area contributed by atoms with Crippen LogP contribution in [0.3, 0.4) is 0 Å². The van der Waals surface area contributed by atoms with Gasteiger partial charge in [0.25, 0.3) is 0 Å². The van der Waals surface area contributed by atoms with Crippen molar-refractivity contribution >= 4 is 0 Å². The summed E-state index contributed by atoms with van der Waals surface area (Å²) in [6.07, 6.45) is 1.76. The van der Waals surface area contributed by atoms with Crippen molar-refractivity contribution in [3.05, 3.63) is 59.7 Å². The van der Waals surface area contributed by atoms with Crippen molar-refractivity contribution in [1.29, 1.82) is 0 Å². The van der Waals surface area contributed by atoms with E-state index >= 15 is 0 Å². The fraction of sp³-hybridized carbons (Fsp3) is 0.478. The topological polar surface area (TPSA) is 54.0 Å². The Morgan fingerprint density at radius 3 is 2.43 bits per heavy atom. The lowest BCUT2D eigenvalue weighted by Gasteiger charge is -2.46. The molecule has 3 aliphatic rings. The molecule has 0 aromatic heterocycles. The lowest BCUT2D eigenvalue weighted by atomic mass is 9.72. The minimum atomic E-state index is -0.362. The van der Waals surface area contributed by atoms with Crippen LogP contribution in [0, 0.1) is 0 Å². The zero-order valence-electron chi connectivity index (χ0n) is 16.3. The highest BCUT2D eigenvalue weighted by atomic mass is 16.5. The number of methoxy groups -OCH3 is 1. The fourth-order valence-corrected chi connectivity index (χ4v) is 5.34. The number of fused-ring (bicyclic) bond motifs is 2. The number of nitrogens with one attached hydrogen (secondary N) is 1. The Bertz CT molecular complexity index is 843. The van der Waals surface area contributed by atoms with Crippen LogP contribution in [0.15, 0.2) is 48.5 Å². The van der Waals surface area contributed by atoms with Gasteiger partial charge in [-0.05, 0) is 49.2 Å². The molecule has 2 atom stereocenters. The van der Waals surface area contributed by atoms with Crippen molar-refractivity contribution in [2.45, 2.75) is 36.5 Å². The van der Waals surface area contributed by atoms with E-state index in [1.165, 1.54) is 11.1 Å². The van der Waals surface area contributed by atoms with E-state index in [-0.39, 0.29) is 23.7 Å². The minimum Gasteiger partial charge on any atom is -0.493 e. The van der Waals surface area contributed by atoms with Crippen LogP contribution < -0.4 is 14.8 Å². The van der Waals surface area contributed by atoms with Gasteiger partial charge in [0.15, 0.2) is 11.5 Å². The van der Waals surface area contributed by atoms with E-state index in [2.05, 4.69) is 34.5 Å². The molecular formula is C23H28N2O3. The second-order valence-corrected chi connectivity index (χ2v) is 8.23. The van der Waals surface area contributed by atoms with E-state index in [1.54, 1.807) is 7.11 Å². The monoisotopic (exact) mass is 380 g/mol. The zero-order chi connectivity index (χ0) is 19.1. The molecule has 2 aromatic rings. The summed E-state index contributed by atoms with van der Waals surface area (Å²) < 4.78 is 11.6. The van der Waals surface area contributed by atoms with Gasteiger partial charge in [0.2, 0.25) is 0 Å². The van der Waals surface area contributed by atoms with E-state index in [1.807, 2.05) is 24.3 Å². The molecular weight excluding hydrogens is 352 g/mol. The summed E-state index contributed by atoms with van der Waals surface area (Å²) in [7, 11) is 1.67. The van der Waals surface area contributed by atoms with Crippen LogP contribution in [0.1, 0.15) is 30.0 Å². The number of likely N-dealkylation sites (tertiary alicyclic amines) is 1. The molecule has 2 N–H and O–H groups in total. The largest absolute Gasteiger partial charge is 0.493 e. The number of nitrogens with zero attached hydrogens (tertiary/aromatic N) is 1. The molecule has 0 radical (unpaired) electrons. The smallest absolute Gasteiger partial charge is 0.161 e. The van der Waals surface area contributed by atoms with Gasteiger partial charge in [-0.1, -0.05) is 36.4 Å². The van der Waals surface area contributed by atoms with Crippen LogP contribution in [0.2, 0.25) is 0 Å². The van der Waals surface area contributed by atoms with Gasteiger partial charge in [-0.2, -0.15) is 0 Å². The number of benzene rings is 2. The van der Waals surface area contributed by atoms with Crippen molar-refractivity contribution in [1.82, 2.24) is 10.2 Å². The molecule has 0 saturated carbocycles. The SMILES string of the molecule is COc1ccccc1OC1CN([C@@H]2c3ccccc3C3(CCNCC3)[C@H]2O)C1. The Labute approximate surface area is 166 Å². The van der Waals surface area contributed by atoms with Crippen molar-refractivity contribution in [3.63, 3.8) is 0 Å². The standard InChI is InChI=1S/C23H28N2O3/c1-27-19-8-4-5-9-20(19)28-16-14-25(15-16)21-17-6-2-3-7-18(17)23(22(21)26)10-12-24-13-11-23/h2-9,16,21-22,24,26H,10-15H2,1H3/t21-,22+/m1/s1. The fourth-order valence-electron chi connectivity index (χ4n) is 5.34. The van der Waals surface area contributed by atoms with Gasteiger partial charge in [0.05, 0.1) is 19.3 Å². The third kappa shape index (κ3) is 2.72. The first-order valence-corrected chi connectivity index (χ1v) is 10.2. The van der Waals surface area contributed by atoms with E-state index in [0.717, 1.165) is 50.5 Å². The summed E-state index contributed by atoms with van der Waals surface area (Å²) in [5, 5.41) is 14.9. The van der Waals surface area contributed by atoms with Gasteiger partial charge < -0.3 is 19.9 Å². The number of aliphatic hydroxyl groups is 1. The van der Waals surface area contributed by atoms with Crippen molar-refractivity contribution in [2.24, 2.45) is 0 Å². The Morgan fingerprint density at radius 2 is 1.68 bits per heavy atom. The Balaban J connectivity index is 1.34. The van der Waals surface area contributed by atoms with Crippen LogP contribution in [-0.2, 0) is 5.41 Å². The Kier molecular flexibility index (Phi) is 4.54. The van der Waals surface area contributed by atoms with E-state index in [9.17, 15) is 5.11 Å². The number of para-hydroxylation sites is 2. The molecule has 5 nitrogen and oxygen atoms in total. The summed E-state index contributed by atoms with van der Waals surface area (Å²) in [5.41, 5.74) is 2.54. The van der Waals surface area contributed by atoms with Crippen molar-refractivity contribution in [3.8, 4) is 11.5 Å². The maximum absolute atomic E-state index is 11.4. The van der Waals surface area contributed by atoms with E-state index in [4.69, 9.17) is 9.47 Å². The molecule has 2 fully saturated rings. The first kappa shape index (κ1) is 18.0. The number of piperidine rings is 1. The molecule has 5 rings (SSSR count). The van der Waals surface area contributed by atoms with Crippen LogP contribution >= 0.6 is 0 Å². The van der Waals surface area contributed by atoms with Gasteiger partial charge in [-0.25, -0.2) is 0 Å². The van der Waals surface area contributed by atoms with Gasteiger partial charge in [-0.3, -0.25) is 4.90 Å². The quantitative estimate of drug-likeness (QED) is 0.854. The molecule has 2 aliphatic heterocycles. The normalized spacial score (nSPS) is 26.6. The molecule has 0 bridgehead atoms. The maximum atomic E-state index is 11.4. The number of aliphatic hydroxyl groups excluding tert-OH is 1. The third-order valence-corrected chi connectivity index (χ3v) is 6.81. The molecule has 0 amide bonds. The van der Waals surface area contributed by atoms with Gasteiger partial charge in [-0.15, -0.1) is 0 Å². The average molecular weight is 380 g/mol. The summed E-state index contributed by atoms with van der Waals surface area (Å²) >= 11 is 0. The highest BCUT2D eigenvalue weighted by Gasteiger charge is 2.55. The second-order valence-electron chi connectivity index (χ2n) is 8.23. The molecule has 1 spiro atoms. The highest BCUT2D eigenvalue weighted by Crippen LogP contribution is 2.53. The van der Waals surface area contributed by atoms with Gasteiger partial charge in [0.1, 0.15) is 6.10 Å². The predicted octanol–water partition coefficient (Wildman–Crippen LogP) is 2.50. The Hall–Kier alpha value is -2.08. The number of ether oxygens (including phenoxy) is 2. The average Bonchev–Trinajstić information content (AvgIpc) is 2.94. The lowest BCUT2D eigenvalue weighted by Crippen LogP contribution is -2.58. The highest BCUT2D eigenvalue weighted by molar-refractivity contribution is 5.46. The summed E-state index contributed by atoms with van der Waals surface area (Å²) in [5.74, 6) is 1.55. The van der Waals surface area contributed by atoms with Crippen LogP contribution in [0.4, 0.5) is 0 Å². The molecule has 1 aliphatic carbocycles. The molecule has 148 valence electrons.